The van der Waals surface area contributed by atoms with E-state index in [0.717, 1.165) is 16.5 Å². The van der Waals surface area contributed by atoms with E-state index in [0.29, 0.717) is 5.75 Å². The van der Waals surface area contributed by atoms with Gasteiger partial charge in [-0.1, -0.05) is 36.9 Å². The molecule has 0 saturated heterocycles. The highest BCUT2D eigenvalue weighted by atomic mass is 16.3. The predicted octanol–water partition coefficient (Wildman–Crippen LogP) is 4.96. The fraction of sp³-hybridized carbons (Fsp3) is 0.111. The summed E-state index contributed by atoms with van der Waals surface area (Å²) in [6.45, 7) is 7.92. The van der Waals surface area contributed by atoms with Crippen LogP contribution in [0.5, 0.6) is 5.75 Å². The molecule has 19 heavy (non-hydrogen) atoms. The van der Waals surface area contributed by atoms with Gasteiger partial charge in [-0.15, -0.1) is 0 Å². The Morgan fingerprint density at radius 1 is 0.947 bits per heavy atom. The van der Waals surface area contributed by atoms with Crippen molar-refractivity contribution in [3.63, 3.8) is 0 Å². The average molecular weight is 248 g/mol. The molecule has 3 aromatic rings. The number of phenols is 1. The highest BCUT2D eigenvalue weighted by Gasteiger charge is 2.07. The van der Waals surface area contributed by atoms with Crippen LogP contribution in [0.3, 0.4) is 0 Å². The van der Waals surface area contributed by atoms with Crippen LogP contribution in [0.15, 0.2) is 43.0 Å². The van der Waals surface area contributed by atoms with Crippen LogP contribution >= 0.6 is 0 Å². The van der Waals surface area contributed by atoms with Crippen LogP contribution in [0.2, 0.25) is 0 Å². The molecule has 0 aromatic heterocycles. The molecule has 0 spiro atoms. The summed E-state index contributed by atoms with van der Waals surface area (Å²) in [5.41, 5.74) is 3.32. The third kappa shape index (κ3) is 1.70. The lowest BCUT2D eigenvalue weighted by molar-refractivity contribution is 0.472. The molecule has 94 valence electrons. The Morgan fingerprint density at radius 2 is 1.68 bits per heavy atom. The SMILES string of the molecule is C=Cc1cc2c(ccc3c(C)c(O)ccc32)cc1C. The summed E-state index contributed by atoms with van der Waals surface area (Å²) in [6.07, 6.45) is 1.89. The first-order valence-electron chi connectivity index (χ1n) is 6.40. The molecule has 1 heteroatoms. The number of aryl methyl sites for hydroxylation is 2. The van der Waals surface area contributed by atoms with E-state index in [1.807, 2.05) is 19.1 Å². The van der Waals surface area contributed by atoms with Crippen LogP contribution in [0.1, 0.15) is 16.7 Å². The summed E-state index contributed by atoms with van der Waals surface area (Å²) < 4.78 is 0. The van der Waals surface area contributed by atoms with Crippen molar-refractivity contribution in [3.8, 4) is 5.75 Å². The Morgan fingerprint density at radius 3 is 2.42 bits per heavy atom. The standard InChI is InChI=1S/C18H16O/c1-4-13-10-17-14(9-11(13)2)5-6-15-12(3)18(19)8-7-16(15)17/h4-10,19H,1H2,2-3H3. The van der Waals surface area contributed by atoms with Gasteiger partial charge in [0.25, 0.3) is 0 Å². The molecule has 0 atom stereocenters. The largest absolute Gasteiger partial charge is 0.508 e. The van der Waals surface area contributed by atoms with Gasteiger partial charge in [0.2, 0.25) is 0 Å². The zero-order valence-corrected chi connectivity index (χ0v) is 11.2. The normalized spacial score (nSPS) is 11.1. The van der Waals surface area contributed by atoms with Gasteiger partial charge in [-0.2, -0.15) is 0 Å². The van der Waals surface area contributed by atoms with Crippen LogP contribution in [0.25, 0.3) is 27.6 Å². The highest BCUT2D eigenvalue weighted by Crippen LogP contribution is 2.33. The summed E-state index contributed by atoms with van der Waals surface area (Å²) in [4.78, 5) is 0. The van der Waals surface area contributed by atoms with Crippen LogP contribution in [0.4, 0.5) is 0 Å². The van der Waals surface area contributed by atoms with Gasteiger partial charge in [0.1, 0.15) is 5.75 Å². The van der Waals surface area contributed by atoms with Crippen molar-refractivity contribution in [1.29, 1.82) is 0 Å². The van der Waals surface area contributed by atoms with Crippen molar-refractivity contribution in [2.45, 2.75) is 13.8 Å². The minimum Gasteiger partial charge on any atom is -0.508 e. The minimum absolute atomic E-state index is 0.350. The predicted molar refractivity (Wildman–Crippen MR) is 82.7 cm³/mol. The summed E-state index contributed by atoms with van der Waals surface area (Å²) in [6, 6.07) is 12.3. The Kier molecular flexibility index (Phi) is 2.56. The maximum Gasteiger partial charge on any atom is 0.119 e. The summed E-state index contributed by atoms with van der Waals surface area (Å²) in [5, 5.41) is 14.5. The summed E-state index contributed by atoms with van der Waals surface area (Å²) in [7, 11) is 0. The Bertz CT molecular complexity index is 813. The van der Waals surface area contributed by atoms with E-state index < -0.39 is 0 Å². The van der Waals surface area contributed by atoms with Crippen molar-refractivity contribution in [2.75, 3.05) is 0 Å². The van der Waals surface area contributed by atoms with E-state index in [-0.39, 0.29) is 0 Å². The molecule has 0 aliphatic carbocycles. The number of aromatic hydroxyl groups is 1. The lowest BCUT2D eigenvalue weighted by atomic mass is 9.95. The van der Waals surface area contributed by atoms with Gasteiger partial charge in [0.05, 0.1) is 0 Å². The molecule has 0 saturated carbocycles. The molecule has 0 unspecified atom stereocenters. The first-order valence-corrected chi connectivity index (χ1v) is 6.40. The maximum atomic E-state index is 9.82. The fourth-order valence-electron chi connectivity index (χ4n) is 2.68. The van der Waals surface area contributed by atoms with Crippen LogP contribution in [0, 0.1) is 13.8 Å². The number of hydrogen-bond donors (Lipinski definition) is 1. The van der Waals surface area contributed by atoms with E-state index >= 15 is 0 Å². The molecule has 3 aromatic carbocycles. The number of benzene rings is 3. The minimum atomic E-state index is 0.350. The summed E-state index contributed by atoms with van der Waals surface area (Å²) in [5.74, 6) is 0.350. The van der Waals surface area contributed by atoms with Crippen LogP contribution in [-0.2, 0) is 0 Å². The fourth-order valence-corrected chi connectivity index (χ4v) is 2.68. The van der Waals surface area contributed by atoms with Gasteiger partial charge in [0, 0.05) is 0 Å². The quantitative estimate of drug-likeness (QED) is 0.603. The second-order valence-corrected chi connectivity index (χ2v) is 5.00. The molecule has 1 nitrogen and oxygen atoms in total. The topological polar surface area (TPSA) is 20.2 Å². The lowest BCUT2D eigenvalue weighted by Gasteiger charge is -2.10. The number of phenolic OH excluding ortho intramolecular Hbond substituents is 1. The average Bonchev–Trinajstić information content (AvgIpc) is 2.41. The van der Waals surface area contributed by atoms with Gasteiger partial charge >= 0.3 is 0 Å². The van der Waals surface area contributed by atoms with Crippen molar-refractivity contribution >= 4 is 27.6 Å². The van der Waals surface area contributed by atoms with Crippen LogP contribution in [-0.4, -0.2) is 5.11 Å². The molecule has 0 aliphatic heterocycles. The van der Waals surface area contributed by atoms with Crippen molar-refractivity contribution in [1.82, 2.24) is 0 Å². The second kappa shape index (κ2) is 4.13. The molecule has 0 heterocycles. The van der Waals surface area contributed by atoms with E-state index in [1.54, 1.807) is 6.07 Å². The third-order valence-corrected chi connectivity index (χ3v) is 3.86. The van der Waals surface area contributed by atoms with E-state index in [9.17, 15) is 5.11 Å². The lowest BCUT2D eigenvalue weighted by Crippen LogP contribution is -1.86. The second-order valence-electron chi connectivity index (χ2n) is 5.00. The monoisotopic (exact) mass is 248 g/mol. The maximum absolute atomic E-state index is 9.82. The van der Waals surface area contributed by atoms with Crippen molar-refractivity contribution in [2.24, 2.45) is 0 Å². The van der Waals surface area contributed by atoms with Gasteiger partial charge in [0.15, 0.2) is 0 Å². The smallest absolute Gasteiger partial charge is 0.119 e. The Labute approximate surface area is 112 Å². The molecule has 0 fully saturated rings. The molecule has 0 aliphatic rings. The zero-order chi connectivity index (χ0) is 13.6. The van der Waals surface area contributed by atoms with Gasteiger partial charge in [-0.05, 0) is 64.2 Å². The number of rotatable bonds is 1. The molecule has 0 bridgehead atoms. The molecule has 3 rings (SSSR count). The van der Waals surface area contributed by atoms with Gasteiger partial charge < -0.3 is 5.11 Å². The molecule has 0 amide bonds. The van der Waals surface area contributed by atoms with Crippen molar-refractivity contribution in [3.05, 3.63) is 59.7 Å². The van der Waals surface area contributed by atoms with E-state index in [4.69, 9.17) is 0 Å². The van der Waals surface area contributed by atoms with E-state index in [2.05, 4.69) is 37.8 Å². The third-order valence-electron chi connectivity index (χ3n) is 3.86. The molecular weight excluding hydrogens is 232 g/mol. The molecule has 1 N–H and O–H groups in total. The Balaban J connectivity index is 2.52. The highest BCUT2D eigenvalue weighted by molar-refractivity contribution is 6.09. The molecule has 0 radical (unpaired) electrons. The summed E-state index contributed by atoms with van der Waals surface area (Å²) >= 11 is 0. The van der Waals surface area contributed by atoms with Crippen LogP contribution < -0.4 is 0 Å². The first-order chi connectivity index (χ1) is 9.11. The zero-order valence-electron chi connectivity index (χ0n) is 11.2. The Hall–Kier alpha value is -2.28. The van der Waals surface area contributed by atoms with Crippen molar-refractivity contribution < 1.29 is 5.11 Å². The molecular formula is C18H16O. The number of fused-ring (bicyclic) bond motifs is 3. The van der Waals surface area contributed by atoms with Gasteiger partial charge in [-0.25, -0.2) is 0 Å². The number of hydrogen-bond acceptors (Lipinski definition) is 1. The van der Waals surface area contributed by atoms with E-state index in [1.165, 1.54) is 21.7 Å². The first kappa shape index (κ1) is 11.8. The van der Waals surface area contributed by atoms with Gasteiger partial charge in [-0.3, -0.25) is 0 Å².